The Morgan fingerprint density at radius 3 is 2.89 bits per heavy atom. The van der Waals surface area contributed by atoms with Crippen LogP contribution in [0.5, 0.6) is 0 Å². The standard InChI is InChI=1S/C14H22N2O2/c1-4-5-8-13(14(17)18-3)16-11(2)12-7-6-9-15-10-12/h6-7,9-11,13,16H,4-5,8H2,1-3H3/t11-,13?/m0/s1. The number of hydrogen-bond donors (Lipinski definition) is 1. The van der Waals surface area contributed by atoms with Crippen LogP contribution in [0, 0.1) is 0 Å². The summed E-state index contributed by atoms with van der Waals surface area (Å²) in [5.41, 5.74) is 1.07. The van der Waals surface area contributed by atoms with Crippen molar-refractivity contribution < 1.29 is 9.53 Å². The lowest BCUT2D eigenvalue weighted by atomic mass is 10.1. The zero-order valence-corrected chi connectivity index (χ0v) is 11.3. The zero-order valence-electron chi connectivity index (χ0n) is 11.3. The lowest BCUT2D eigenvalue weighted by Gasteiger charge is -2.21. The number of carbonyl (C=O) groups is 1. The van der Waals surface area contributed by atoms with Crippen LogP contribution in [0.3, 0.4) is 0 Å². The van der Waals surface area contributed by atoms with Gasteiger partial charge < -0.3 is 4.74 Å². The van der Waals surface area contributed by atoms with E-state index in [9.17, 15) is 4.79 Å². The number of unbranched alkanes of at least 4 members (excludes halogenated alkanes) is 1. The summed E-state index contributed by atoms with van der Waals surface area (Å²) in [4.78, 5) is 15.8. The first-order valence-corrected chi connectivity index (χ1v) is 6.42. The highest BCUT2D eigenvalue weighted by molar-refractivity contribution is 5.75. The molecule has 0 amide bonds. The molecule has 0 aliphatic carbocycles. The fourth-order valence-electron chi connectivity index (χ4n) is 1.85. The maximum Gasteiger partial charge on any atom is 0.322 e. The van der Waals surface area contributed by atoms with E-state index in [1.165, 1.54) is 7.11 Å². The molecule has 2 atom stereocenters. The number of pyridine rings is 1. The first kappa shape index (κ1) is 14.6. The molecule has 18 heavy (non-hydrogen) atoms. The lowest BCUT2D eigenvalue weighted by Crippen LogP contribution is -2.39. The van der Waals surface area contributed by atoms with E-state index in [-0.39, 0.29) is 18.1 Å². The van der Waals surface area contributed by atoms with Gasteiger partial charge in [0.2, 0.25) is 0 Å². The van der Waals surface area contributed by atoms with E-state index in [1.54, 1.807) is 6.20 Å². The van der Waals surface area contributed by atoms with Crippen molar-refractivity contribution in [2.45, 2.75) is 45.2 Å². The Morgan fingerprint density at radius 1 is 1.56 bits per heavy atom. The fraction of sp³-hybridized carbons (Fsp3) is 0.571. The van der Waals surface area contributed by atoms with Crippen molar-refractivity contribution in [3.8, 4) is 0 Å². The number of hydrogen-bond acceptors (Lipinski definition) is 4. The van der Waals surface area contributed by atoms with Crippen LogP contribution >= 0.6 is 0 Å². The van der Waals surface area contributed by atoms with Gasteiger partial charge in [0.15, 0.2) is 0 Å². The summed E-state index contributed by atoms with van der Waals surface area (Å²) in [6.45, 7) is 4.14. The fourth-order valence-corrected chi connectivity index (χ4v) is 1.85. The number of aromatic nitrogens is 1. The van der Waals surface area contributed by atoms with Crippen LogP contribution in [0.1, 0.15) is 44.7 Å². The van der Waals surface area contributed by atoms with E-state index in [2.05, 4.69) is 17.2 Å². The predicted molar refractivity (Wildman–Crippen MR) is 71.1 cm³/mol. The van der Waals surface area contributed by atoms with Gasteiger partial charge in [0.05, 0.1) is 7.11 Å². The van der Waals surface area contributed by atoms with E-state index >= 15 is 0 Å². The number of carbonyl (C=O) groups excluding carboxylic acids is 1. The van der Waals surface area contributed by atoms with Crippen molar-refractivity contribution in [1.82, 2.24) is 10.3 Å². The van der Waals surface area contributed by atoms with Crippen molar-refractivity contribution in [1.29, 1.82) is 0 Å². The van der Waals surface area contributed by atoms with Crippen LogP contribution in [0.15, 0.2) is 24.5 Å². The molecule has 1 unspecified atom stereocenters. The molecular weight excluding hydrogens is 228 g/mol. The highest BCUT2D eigenvalue weighted by Gasteiger charge is 2.20. The lowest BCUT2D eigenvalue weighted by molar-refractivity contribution is -0.143. The van der Waals surface area contributed by atoms with E-state index in [1.807, 2.05) is 25.3 Å². The number of ether oxygens (including phenoxy) is 1. The maximum absolute atomic E-state index is 11.7. The van der Waals surface area contributed by atoms with Crippen LogP contribution in [-0.2, 0) is 9.53 Å². The molecule has 0 spiro atoms. The number of methoxy groups -OCH3 is 1. The second-order valence-electron chi connectivity index (χ2n) is 4.39. The molecule has 0 aliphatic heterocycles. The highest BCUT2D eigenvalue weighted by Crippen LogP contribution is 2.13. The van der Waals surface area contributed by atoms with Gasteiger partial charge in [0.1, 0.15) is 6.04 Å². The maximum atomic E-state index is 11.7. The number of rotatable bonds is 7. The first-order chi connectivity index (χ1) is 8.69. The van der Waals surface area contributed by atoms with Crippen LogP contribution in [0.2, 0.25) is 0 Å². The molecule has 1 rings (SSSR count). The minimum absolute atomic E-state index is 0.0830. The minimum Gasteiger partial charge on any atom is -0.468 e. The topological polar surface area (TPSA) is 51.2 Å². The summed E-state index contributed by atoms with van der Waals surface area (Å²) in [6, 6.07) is 3.73. The van der Waals surface area contributed by atoms with Gasteiger partial charge >= 0.3 is 5.97 Å². The molecule has 0 radical (unpaired) electrons. The van der Waals surface area contributed by atoms with Gasteiger partial charge in [-0.1, -0.05) is 25.8 Å². The second kappa shape index (κ2) is 7.82. The Morgan fingerprint density at radius 2 is 2.33 bits per heavy atom. The summed E-state index contributed by atoms with van der Waals surface area (Å²) >= 11 is 0. The molecule has 1 aromatic rings. The molecular formula is C14H22N2O2. The molecule has 4 nitrogen and oxygen atoms in total. The molecule has 0 fully saturated rings. The molecule has 4 heteroatoms. The molecule has 0 aliphatic rings. The smallest absolute Gasteiger partial charge is 0.322 e. The average molecular weight is 250 g/mol. The first-order valence-electron chi connectivity index (χ1n) is 6.42. The summed E-state index contributed by atoms with van der Waals surface area (Å²) in [5, 5.41) is 3.30. The molecule has 0 aromatic carbocycles. The second-order valence-corrected chi connectivity index (χ2v) is 4.39. The Hall–Kier alpha value is -1.42. The van der Waals surface area contributed by atoms with E-state index < -0.39 is 0 Å². The van der Waals surface area contributed by atoms with Gasteiger partial charge in [-0.15, -0.1) is 0 Å². The van der Waals surface area contributed by atoms with Gasteiger partial charge in [-0.3, -0.25) is 15.1 Å². The molecule has 1 heterocycles. The SMILES string of the molecule is CCCCC(N[C@@H](C)c1cccnc1)C(=O)OC. The minimum atomic E-state index is -0.245. The average Bonchev–Trinajstić information content (AvgIpc) is 2.43. The molecule has 100 valence electrons. The van der Waals surface area contributed by atoms with Gasteiger partial charge in [0, 0.05) is 18.4 Å². The number of nitrogens with zero attached hydrogens (tertiary/aromatic N) is 1. The largest absolute Gasteiger partial charge is 0.468 e. The number of esters is 1. The van der Waals surface area contributed by atoms with Gasteiger partial charge in [-0.2, -0.15) is 0 Å². The van der Waals surface area contributed by atoms with Crippen molar-refractivity contribution in [2.75, 3.05) is 7.11 Å². The van der Waals surface area contributed by atoms with Crippen LogP contribution in [-0.4, -0.2) is 24.1 Å². The predicted octanol–water partition coefficient (Wildman–Crippen LogP) is 2.46. The Balaban J connectivity index is 2.62. The van der Waals surface area contributed by atoms with Crippen molar-refractivity contribution >= 4 is 5.97 Å². The molecule has 1 aromatic heterocycles. The van der Waals surface area contributed by atoms with Crippen molar-refractivity contribution in [3.63, 3.8) is 0 Å². The normalized spacial score (nSPS) is 13.9. The Bertz CT molecular complexity index is 354. The third-order valence-electron chi connectivity index (χ3n) is 2.97. The van der Waals surface area contributed by atoms with Crippen LogP contribution in [0.25, 0.3) is 0 Å². The van der Waals surface area contributed by atoms with Gasteiger partial charge in [0.25, 0.3) is 0 Å². The molecule has 0 bridgehead atoms. The highest BCUT2D eigenvalue weighted by atomic mass is 16.5. The van der Waals surface area contributed by atoms with Gasteiger partial charge in [-0.05, 0) is 25.0 Å². The van der Waals surface area contributed by atoms with Gasteiger partial charge in [-0.25, -0.2) is 0 Å². The summed E-state index contributed by atoms with van der Waals surface area (Å²) in [7, 11) is 1.43. The van der Waals surface area contributed by atoms with E-state index in [0.717, 1.165) is 24.8 Å². The summed E-state index contributed by atoms with van der Waals surface area (Å²) < 4.78 is 4.83. The van der Waals surface area contributed by atoms with E-state index in [4.69, 9.17) is 4.74 Å². The third kappa shape index (κ3) is 4.45. The van der Waals surface area contributed by atoms with E-state index in [0.29, 0.717) is 0 Å². The Kier molecular flexibility index (Phi) is 6.36. The summed E-state index contributed by atoms with van der Waals surface area (Å²) in [5.74, 6) is -0.195. The van der Waals surface area contributed by atoms with Crippen molar-refractivity contribution in [3.05, 3.63) is 30.1 Å². The zero-order chi connectivity index (χ0) is 13.4. The third-order valence-corrected chi connectivity index (χ3v) is 2.97. The Labute approximate surface area is 109 Å². The molecule has 0 saturated carbocycles. The van der Waals surface area contributed by atoms with Crippen molar-refractivity contribution in [2.24, 2.45) is 0 Å². The monoisotopic (exact) mass is 250 g/mol. The number of nitrogens with one attached hydrogen (secondary N) is 1. The van der Waals surface area contributed by atoms with Crippen LogP contribution in [0.4, 0.5) is 0 Å². The summed E-state index contributed by atoms with van der Waals surface area (Å²) in [6.07, 6.45) is 6.42. The van der Waals surface area contributed by atoms with Crippen LogP contribution < -0.4 is 5.32 Å². The molecule has 1 N–H and O–H groups in total. The molecule has 0 saturated heterocycles. The quantitative estimate of drug-likeness (QED) is 0.755.